The lowest BCUT2D eigenvalue weighted by atomic mass is 10.1. The zero-order valence-electron chi connectivity index (χ0n) is 14.5. The number of ether oxygens (including phenoxy) is 2. The lowest BCUT2D eigenvalue weighted by Gasteiger charge is -2.08. The number of hydrogen-bond acceptors (Lipinski definition) is 4. The van der Waals surface area contributed by atoms with Crippen molar-refractivity contribution in [2.75, 3.05) is 6.79 Å². The fourth-order valence-electron chi connectivity index (χ4n) is 3.51. The molecule has 0 unspecified atom stereocenters. The number of nitrogens with zero attached hydrogens (tertiary/aromatic N) is 1. The topological polar surface area (TPSA) is 72.7 Å². The van der Waals surface area contributed by atoms with Crippen LogP contribution in [-0.4, -0.2) is 22.4 Å². The molecule has 1 aliphatic heterocycles. The molecule has 1 aliphatic rings. The minimum atomic E-state index is -0.900. The molecule has 2 heterocycles. The summed E-state index contributed by atoms with van der Waals surface area (Å²) in [6.07, 6.45) is 0. The SMILES string of the molecule is CCn1c(C(=O)O)c(CNCc2ccc3c(c2)OCO3)c2ccccc21. The van der Waals surface area contributed by atoms with Gasteiger partial charge in [-0.1, -0.05) is 24.3 Å². The predicted octanol–water partition coefficient (Wildman–Crippen LogP) is 3.38. The maximum Gasteiger partial charge on any atom is 0.352 e. The molecule has 26 heavy (non-hydrogen) atoms. The van der Waals surface area contributed by atoms with Crippen molar-refractivity contribution < 1.29 is 19.4 Å². The second-order valence-corrected chi connectivity index (χ2v) is 6.18. The molecule has 2 aromatic carbocycles. The fourth-order valence-corrected chi connectivity index (χ4v) is 3.51. The number of aromatic nitrogens is 1. The van der Waals surface area contributed by atoms with Gasteiger partial charge in [-0.05, 0) is 30.7 Å². The summed E-state index contributed by atoms with van der Waals surface area (Å²) in [7, 11) is 0. The van der Waals surface area contributed by atoms with Crippen molar-refractivity contribution in [1.82, 2.24) is 9.88 Å². The summed E-state index contributed by atoms with van der Waals surface area (Å²) < 4.78 is 12.6. The number of benzene rings is 2. The summed E-state index contributed by atoms with van der Waals surface area (Å²) in [5.74, 6) is 0.606. The zero-order chi connectivity index (χ0) is 18.1. The van der Waals surface area contributed by atoms with Crippen molar-refractivity contribution in [2.24, 2.45) is 0 Å². The van der Waals surface area contributed by atoms with E-state index < -0.39 is 5.97 Å². The molecule has 3 aromatic rings. The summed E-state index contributed by atoms with van der Waals surface area (Å²) in [4.78, 5) is 11.9. The summed E-state index contributed by atoms with van der Waals surface area (Å²) in [6, 6.07) is 13.6. The van der Waals surface area contributed by atoms with Gasteiger partial charge in [0.2, 0.25) is 6.79 Å². The van der Waals surface area contributed by atoms with E-state index >= 15 is 0 Å². The molecular formula is C20H20N2O4. The van der Waals surface area contributed by atoms with E-state index in [0.29, 0.717) is 25.3 Å². The Morgan fingerprint density at radius 2 is 1.96 bits per heavy atom. The third kappa shape index (κ3) is 2.78. The van der Waals surface area contributed by atoms with E-state index in [-0.39, 0.29) is 6.79 Å². The van der Waals surface area contributed by atoms with Crippen molar-refractivity contribution in [3.05, 3.63) is 59.3 Å². The number of carbonyl (C=O) groups is 1. The molecule has 4 rings (SSSR count). The van der Waals surface area contributed by atoms with E-state index in [4.69, 9.17) is 9.47 Å². The highest BCUT2D eigenvalue weighted by Gasteiger charge is 2.21. The fraction of sp³-hybridized carbons (Fsp3) is 0.250. The minimum Gasteiger partial charge on any atom is -0.477 e. The minimum absolute atomic E-state index is 0.255. The first-order valence-electron chi connectivity index (χ1n) is 8.61. The first kappa shape index (κ1) is 16.5. The van der Waals surface area contributed by atoms with E-state index in [2.05, 4.69) is 5.32 Å². The van der Waals surface area contributed by atoms with Gasteiger partial charge in [-0.25, -0.2) is 4.79 Å². The lowest BCUT2D eigenvalue weighted by molar-refractivity contribution is 0.0684. The van der Waals surface area contributed by atoms with E-state index in [1.807, 2.05) is 54.0 Å². The summed E-state index contributed by atoms with van der Waals surface area (Å²) in [5, 5.41) is 14.1. The molecule has 134 valence electrons. The molecule has 0 spiro atoms. The van der Waals surface area contributed by atoms with Crippen molar-refractivity contribution in [3.63, 3.8) is 0 Å². The number of carboxylic acid groups (broad SMARTS) is 1. The Morgan fingerprint density at radius 1 is 1.15 bits per heavy atom. The van der Waals surface area contributed by atoms with Crippen molar-refractivity contribution in [1.29, 1.82) is 0 Å². The van der Waals surface area contributed by atoms with Crippen LogP contribution in [0.1, 0.15) is 28.5 Å². The first-order chi connectivity index (χ1) is 12.7. The van der Waals surface area contributed by atoms with Crippen LogP contribution >= 0.6 is 0 Å². The third-order valence-corrected chi connectivity index (χ3v) is 4.66. The van der Waals surface area contributed by atoms with E-state index in [0.717, 1.165) is 33.5 Å². The van der Waals surface area contributed by atoms with Gasteiger partial charge in [-0.2, -0.15) is 0 Å². The number of carboxylic acids is 1. The van der Waals surface area contributed by atoms with Crippen LogP contribution in [0.15, 0.2) is 42.5 Å². The van der Waals surface area contributed by atoms with Gasteiger partial charge in [-0.3, -0.25) is 0 Å². The van der Waals surface area contributed by atoms with Crippen LogP contribution in [0.4, 0.5) is 0 Å². The van der Waals surface area contributed by atoms with Gasteiger partial charge in [-0.15, -0.1) is 0 Å². The predicted molar refractivity (Wildman–Crippen MR) is 97.7 cm³/mol. The molecule has 0 fully saturated rings. The Bertz CT molecular complexity index is 977. The summed E-state index contributed by atoms with van der Waals surface area (Å²) in [6.45, 7) is 3.92. The van der Waals surface area contributed by atoms with Crippen LogP contribution in [0.5, 0.6) is 11.5 Å². The number of fused-ring (bicyclic) bond motifs is 2. The van der Waals surface area contributed by atoms with Gasteiger partial charge in [0.25, 0.3) is 0 Å². The smallest absolute Gasteiger partial charge is 0.352 e. The molecule has 6 nitrogen and oxygen atoms in total. The quantitative estimate of drug-likeness (QED) is 0.711. The van der Waals surface area contributed by atoms with Crippen LogP contribution in [0.25, 0.3) is 10.9 Å². The molecule has 0 radical (unpaired) electrons. The van der Waals surface area contributed by atoms with Gasteiger partial charge in [0, 0.05) is 36.1 Å². The standard InChI is InChI=1S/C20H20N2O4/c1-2-22-16-6-4-3-5-14(16)15(19(22)20(23)24)11-21-10-13-7-8-17-18(9-13)26-12-25-17/h3-9,21H,2,10-12H2,1H3,(H,23,24). The van der Waals surface area contributed by atoms with Crippen LogP contribution in [0.3, 0.4) is 0 Å². The molecule has 6 heteroatoms. The first-order valence-corrected chi connectivity index (χ1v) is 8.61. The largest absolute Gasteiger partial charge is 0.477 e. The van der Waals surface area contributed by atoms with Crippen LogP contribution in [-0.2, 0) is 19.6 Å². The van der Waals surface area contributed by atoms with Crippen molar-refractivity contribution in [2.45, 2.75) is 26.6 Å². The maximum atomic E-state index is 11.9. The van der Waals surface area contributed by atoms with Gasteiger partial charge in [0.05, 0.1) is 0 Å². The molecule has 0 atom stereocenters. The number of aryl methyl sites for hydroxylation is 1. The number of para-hydroxylation sites is 1. The average Bonchev–Trinajstić information content (AvgIpc) is 3.23. The lowest BCUT2D eigenvalue weighted by Crippen LogP contribution is -2.16. The van der Waals surface area contributed by atoms with Crippen LogP contribution < -0.4 is 14.8 Å². The molecule has 0 aliphatic carbocycles. The second kappa shape index (κ2) is 6.72. The Kier molecular flexibility index (Phi) is 4.26. The molecule has 1 aromatic heterocycles. The van der Waals surface area contributed by atoms with Crippen molar-refractivity contribution >= 4 is 16.9 Å². The van der Waals surface area contributed by atoms with E-state index in [9.17, 15) is 9.90 Å². The highest BCUT2D eigenvalue weighted by molar-refractivity contribution is 5.98. The van der Waals surface area contributed by atoms with Gasteiger partial charge < -0.3 is 24.5 Å². The Hall–Kier alpha value is -2.99. The molecular weight excluding hydrogens is 332 g/mol. The monoisotopic (exact) mass is 352 g/mol. The molecule has 0 amide bonds. The highest BCUT2D eigenvalue weighted by atomic mass is 16.7. The number of hydrogen-bond donors (Lipinski definition) is 2. The Labute approximate surface area is 151 Å². The van der Waals surface area contributed by atoms with E-state index in [1.165, 1.54) is 0 Å². The number of aromatic carboxylic acids is 1. The van der Waals surface area contributed by atoms with Gasteiger partial charge in [0.15, 0.2) is 11.5 Å². The molecule has 0 saturated carbocycles. The Balaban J connectivity index is 1.59. The molecule has 2 N–H and O–H groups in total. The number of rotatable bonds is 6. The van der Waals surface area contributed by atoms with Crippen LogP contribution in [0, 0.1) is 0 Å². The molecule has 0 bridgehead atoms. The number of nitrogens with one attached hydrogen (secondary N) is 1. The van der Waals surface area contributed by atoms with Gasteiger partial charge >= 0.3 is 5.97 Å². The second-order valence-electron chi connectivity index (χ2n) is 6.18. The normalized spacial score (nSPS) is 12.7. The van der Waals surface area contributed by atoms with Crippen LogP contribution in [0.2, 0.25) is 0 Å². The zero-order valence-corrected chi connectivity index (χ0v) is 14.5. The average molecular weight is 352 g/mol. The Morgan fingerprint density at radius 3 is 2.77 bits per heavy atom. The maximum absolute atomic E-state index is 11.9. The third-order valence-electron chi connectivity index (χ3n) is 4.66. The van der Waals surface area contributed by atoms with E-state index in [1.54, 1.807) is 0 Å². The van der Waals surface area contributed by atoms with Gasteiger partial charge in [0.1, 0.15) is 5.69 Å². The van der Waals surface area contributed by atoms with Crippen molar-refractivity contribution in [3.8, 4) is 11.5 Å². The summed E-state index contributed by atoms with van der Waals surface area (Å²) >= 11 is 0. The highest BCUT2D eigenvalue weighted by Crippen LogP contribution is 2.32. The summed E-state index contributed by atoms with van der Waals surface area (Å²) in [5.41, 5.74) is 3.18. The molecule has 0 saturated heterocycles.